The Morgan fingerprint density at radius 2 is 2.10 bits per heavy atom. The molecule has 4 aromatic rings. The Kier molecular flexibility index (Phi) is 3.41. The molecule has 0 spiro atoms. The fourth-order valence-electron chi connectivity index (χ4n) is 5.01. The van der Waals surface area contributed by atoms with Gasteiger partial charge in [0.15, 0.2) is 0 Å². The van der Waals surface area contributed by atoms with E-state index in [2.05, 4.69) is 32.4 Å². The van der Waals surface area contributed by atoms with Gasteiger partial charge in [-0.3, -0.25) is 19.5 Å². The number of fused-ring (bicyclic) bond motifs is 6. The molecule has 1 aromatic carbocycles. The van der Waals surface area contributed by atoms with E-state index in [0.717, 1.165) is 59.7 Å². The van der Waals surface area contributed by atoms with Gasteiger partial charge in [-0.1, -0.05) is 0 Å². The summed E-state index contributed by atoms with van der Waals surface area (Å²) in [4.78, 5) is 18.9. The fraction of sp³-hybridized carbons (Fsp3) is 0.348. The molecule has 0 atom stereocenters. The van der Waals surface area contributed by atoms with Gasteiger partial charge in [-0.05, 0) is 68.9 Å². The van der Waals surface area contributed by atoms with Gasteiger partial charge >= 0.3 is 0 Å². The molecular formula is C23H24N6O. The molecule has 2 aliphatic rings. The molecule has 0 unspecified atom stereocenters. The van der Waals surface area contributed by atoms with E-state index in [0.29, 0.717) is 0 Å². The number of hydrogen-bond acceptors (Lipinski definition) is 3. The van der Waals surface area contributed by atoms with E-state index in [1.165, 1.54) is 16.5 Å². The zero-order valence-corrected chi connectivity index (χ0v) is 17.4. The van der Waals surface area contributed by atoms with E-state index >= 15 is 0 Å². The second-order valence-corrected chi connectivity index (χ2v) is 8.83. The Morgan fingerprint density at radius 3 is 2.90 bits per heavy atom. The second-order valence-electron chi connectivity index (χ2n) is 8.83. The fourth-order valence-corrected chi connectivity index (χ4v) is 5.01. The van der Waals surface area contributed by atoms with Crippen molar-refractivity contribution in [1.82, 2.24) is 25.0 Å². The van der Waals surface area contributed by atoms with Gasteiger partial charge in [0.05, 0.1) is 28.7 Å². The maximum atomic E-state index is 13.4. The van der Waals surface area contributed by atoms with Gasteiger partial charge in [-0.2, -0.15) is 10.2 Å². The van der Waals surface area contributed by atoms with Crippen LogP contribution in [0.1, 0.15) is 43.9 Å². The van der Waals surface area contributed by atoms with Crippen molar-refractivity contribution in [3.05, 3.63) is 47.4 Å². The number of hydrogen-bond donors (Lipinski definition) is 2. The van der Waals surface area contributed by atoms with E-state index in [9.17, 15) is 4.79 Å². The number of benzene rings is 1. The van der Waals surface area contributed by atoms with Gasteiger partial charge < -0.3 is 4.98 Å². The lowest BCUT2D eigenvalue weighted by atomic mass is 9.85. The number of anilines is 2. The number of aryl methyl sites for hydroxylation is 3. The molecule has 7 nitrogen and oxygen atoms in total. The molecule has 152 valence electrons. The molecule has 0 saturated carbocycles. The second kappa shape index (κ2) is 5.84. The molecule has 6 rings (SSSR count). The average Bonchev–Trinajstić information content (AvgIpc) is 3.47. The Balaban J connectivity index is 1.60. The molecule has 0 fully saturated rings. The Hall–Kier alpha value is -3.35. The number of rotatable bonds is 2. The van der Waals surface area contributed by atoms with Gasteiger partial charge in [0.2, 0.25) is 5.91 Å². The Morgan fingerprint density at radius 1 is 1.23 bits per heavy atom. The molecule has 7 heteroatoms. The molecule has 2 N–H and O–H groups in total. The van der Waals surface area contributed by atoms with Gasteiger partial charge in [-0.25, -0.2) is 0 Å². The summed E-state index contributed by atoms with van der Waals surface area (Å²) in [7, 11) is 0. The minimum absolute atomic E-state index is 0.0847. The number of nitrogens with zero attached hydrogens (tertiary/aromatic N) is 4. The number of H-pyrrole nitrogens is 2. The zero-order chi connectivity index (χ0) is 20.6. The lowest BCUT2D eigenvalue weighted by molar-refractivity contribution is -0.121. The number of nitrogens with one attached hydrogen (secondary N) is 2. The number of aromatic nitrogens is 5. The van der Waals surface area contributed by atoms with E-state index < -0.39 is 5.41 Å². The summed E-state index contributed by atoms with van der Waals surface area (Å²) < 4.78 is 1.85. The third-order valence-corrected chi connectivity index (χ3v) is 6.71. The van der Waals surface area contributed by atoms with E-state index in [-0.39, 0.29) is 5.91 Å². The van der Waals surface area contributed by atoms with Crippen LogP contribution in [-0.2, 0) is 29.6 Å². The monoisotopic (exact) mass is 400 g/mol. The minimum Gasteiger partial charge on any atom is -0.353 e. The number of amides is 1. The molecule has 1 amide bonds. The molecule has 1 aliphatic carbocycles. The number of carbonyl (C=O) groups is 1. The van der Waals surface area contributed by atoms with Gasteiger partial charge in [0.1, 0.15) is 5.69 Å². The van der Waals surface area contributed by atoms with Crippen molar-refractivity contribution >= 4 is 28.2 Å². The molecule has 1 aliphatic heterocycles. The molecule has 0 saturated heterocycles. The Bertz CT molecular complexity index is 1320. The maximum Gasteiger partial charge on any atom is 0.241 e. The van der Waals surface area contributed by atoms with Gasteiger partial charge in [0.25, 0.3) is 0 Å². The highest BCUT2D eigenvalue weighted by atomic mass is 16.2. The van der Waals surface area contributed by atoms with Crippen LogP contribution >= 0.6 is 0 Å². The van der Waals surface area contributed by atoms with E-state index in [1.807, 2.05) is 42.7 Å². The standard InChI is InChI=1S/C23H24N6O/c1-4-28-12-14(11-25-28)29-19-8-16-15-7-5-6-13-10-24-27-20(13)21(15)26-18(16)9-17(19)23(2,3)22(29)30/h8-12,26H,4-7H2,1-3H3,(H,24,27). The van der Waals surface area contributed by atoms with Crippen LogP contribution in [-0.4, -0.2) is 30.9 Å². The smallest absolute Gasteiger partial charge is 0.241 e. The summed E-state index contributed by atoms with van der Waals surface area (Å²) in [5, 5.41) is 13.1. The summed E-state index contributed by atoms with van der Waals surface area (Å²) in [5.41, 5.74) is 7.98. The lowest BCUT2D eigenvalue weighted by Gasteiger charge is -2.18. The lowest BCUT2D eigenvalue weighted by Crippen LogP contribution is -2.33. The molecule has 3 aromatic heterocycles. The van der Waals surface area contributed by atoms with Crippen LogP contribution in [0.3, 0.4) is 0 Å². The summed E-state index contributed by atoms with van der Waals surface area (Å²) in [6, 6.07) is 4.35. The largest absolute Gasteiger partial charge is 0.353 e. The first-order valence-electron chi connectivity index (χ1n) is 10.6. The molecular weight excluding hydrogens is 376 g/mol. The van der Waals surface area contributed by atoms with Crippen LogP contribution in [0, 0.1) is 0 Å². The SMILES string of the molecule is CCn1cc(N2C(=O)C(C)(C)c3cc4[nH]c5c(c4cc32)CCCc2c[nH]nc2-5)cn1. The first kappa shape index (κ1) is 17.5. The van der Waals surface area contributed by atoms with Crippen LogP contribution in [0.15, 0.2) is 30.7 Å². The summed E-state index contributed by atoms with van der Waals surface area (Å²) in [6.45, 7) is 6.82. The zero-order valence-electron chi connectivity index (χ0n) is 17.4. The van der Waals surface area contributed by atoms with Gasteiger partial charge in [0, 0.05) is 29.8 Å². The van der Waals surface area contributed by atoms with Crippen molar-refractivity contribution in [2.75, 3.05) is 4.90 Å². The molecule has 30 heavy (non-hydrogen) atoms. The third-order valence-electron chi connectivity index (χ3n) is 6.71. The van der Waals surface area contributed by atoms with Crippen LogP contribution < -0.4 is 4.90 Å². The highest BCUT2D eigenvalue weighted by Crippen LogP contribution is 2.48. The highest BCUT2D eigenvalue weighted by Gasteiger charge is 2.45. The normalized spacial score (nSPS) is 17.2. The summed E-state index contributed by atoms with van der Waals surface area (Å²) in [5.74, 6) is 0.0847. The summed E-state index contributed by atoms with van der Waals surface area (Å²) in [6.07, 6.45) is 8.83. The Labute approximate surface area is 174 Å². The van der Waals surface area contributed by atoms with Crippen molar-refractivity contribution in [3.63, 3.8) is 0 Å². The third kappa shape index (κ3) is 2.17. The molecule has 0 radical (unpaired) electrons. The topological polar surface area (TPSA) is 82.6 Å². The minimum atomic E-state index is -0.599. The van der Waals surface area contributed by atoms with Crippen LogP contribution in [0.25, 0.3) is 22.3 Å². The van der Waals surface area contributed by atoms with E-state index in [4.69, 9.17) is 0 Å². The first-order valence-corrected chi connectivity index (χ1v) is 10.6. The number of aromatic amines is 2. The first-order chi connectivity index (χ1) is 14.5. The molecule has 4 heterocycles. The van der Waals surface area contributed by atoms with Crippen LogP contribution in [0.2, 0.25) is 0 Å². The highest BCUT2D eigenvalue weighted by molar-refractivity contribution is 6.14. The predicted molar refractivity (Wildman–Crippen MR) is 116 cm³/mol. The van der Waals surface area contributed by atoms with Crippen LogP contribution in [0.4, 0.5) is 11.4 Å². The van der Waals surface area contributed by atoms with E-state index in [1.54, 1.807) is 6.20 Å². The molecule has 0 bridgehead atoms. The maximum absolute atomic E-state index is 13.4. The summed E-state index contributed by atoms with van der Waals surface area (Å²) >= 11 is 0. The average molecular weight is 400 g/mol. The van der Waals surface area contributed by atoms with Crippen molar-refractivity contribution in [1.29, 1.82) is 0 Å². The van der Waals surface area contributed by atoms with Crippen molar-refractivity contribution in [2.45, 2.75) is 52.0 Å². The van der Waals surface area contributed by atoms with Crippen molar-refractivity contribution in [3.8, 4) is 11.4 Å². The number of carbonyl (C=O) groups excluding carboxylic acids is 1. The predicted octanol–water partition coefficient (Wildman–Crippen LogP) is 4.22. The quantitative estimate of drug-likeness (QED) is 0.528. The van der Waals surface area contributed by atoms with Crippen molar-refractivity contribution < 1.29 is 4.79 Å². The van der Waals surface area contributed by atoms with Crippen LogP contribution in [0.5, 0.6) is 0 Å². The van der Waals surface area contributed by atoms with Crippen molar-refractivity contribution in [2.24, 2.45) is 0 Å². The van der Waals surface area contributed by atoms with Gasteiger partial charge in [-0.15, -0.1) is 0 Å².